The maximum absolute atomic E-state index is 13.2. The molecule has 0 spiro atoms. The normalized spacial score (nSPS) is 15.8. The summed E-state index contributed by atoms with van der Waals surface area (Å²) >= 11 is 6.08. The Morgan fingerprint density at radius 1 is 1.07 bits per heavy atom. The van der Waals surface area contributed by atoms with E-state index < -0.39 is 0 Å². The van der Waals surface area contributed by atoms with Crippen molar-refractivity contribution in [3.63, 3.8) is 0 Å². The highest BCUT2D eigenvalue weighted by molar-refractivity contribution is 6.30. The molecule has 2 heterocycles. The highest BCUT2D eigenvalue weighted by Crippen LogP contribution is 2.29. The van der Waals surface area contributed by atoms with E-state index in [4.69, 9.17) is 21.1 Å². The van der Waals surface area contributed by atoms with E-state index in [0.29, 0.717) is 23.7 Å². The van der Waals surface area contributed by atoms with Gasteiger partial charge in [-0.3, -0.25) is 4.79 Å². The maximum atomic E-state index is 13.2. The third-order valence-electron chi connectivity index (χ3n) is 4.96. The van der Waals surface area contributed by atoms with E-state index in [1.165, 1.54) is 0 Å². The summed E-state index contributed by atoms with van der Waals surface area (Å²) in [7, 11) is 1.63. The number of carbonyl (C=O) groups is 1. The molecule has 0 saturated heterocycles. The number of benzene rings is 2. The lowest BCUT2D eigenvalue weighted by atomic mass is 10.1. The standard InChI is InChI=1S/C22H21ClN2O3/c1-27-18-7-9-19(10-8-18)28-15-21-20-6-3-11-24(20)12-13-25(21)22(26)16-4-2-5-17(23)14-16/h2-11,14,21H,12-13,15H2,1H3/t21-/m1/s1. The highest BCUT2D eigenvalue weighted by atomic mass is 35.5. The zero-order chi connectivity index (χ0) is 19.5. The van der Waals surface area contributed by atoms with Gasteiger partial charge in [0.05, 0.1) is 7.11 Å². The van der Waals surface area contributed by atoms with Gasteiger partial charge in [-0.05, 0) is 54.6 Å². The minimum Gasteiger partial charge on any atom is -0.497 e. The molecule has 1 aliphatic rings. The summed E-state index contributed by atoms with van der Waals surface area (Å²) in [6.45, 7) is 1.74. The van der Waals surface area contributed by atoms with Crippen LogP contribution in [0, 0.1) is 0 Å². The molecule has 6 heteroatoms. The second kappa shape index (κ2) is 7.98. The van der Waals surface area contributed by atoms with Crippen LogP contribution in [-0.4, -0.2) is 35.6 Å². The predicted octanol–water partition coefficient (Wildman–Crippen LogP) is 4.43. The van der Waals surface area contributed by atoms with Crippen LogP contribution in [0.5, 0.6) is 11.5 Å². The monoisotopic (exact) mass is 396 g/mol. The van der Waals surface area contributed by atoms with Gasteiger partial charge in [-0.25, -0.2) is 0 Å². The van der Waals surface area contributed by atoms with Crippen LogP contribution in [0.15, 0.2) is 66.9 Å². The lowest BCUT2D eigenvalue weighted by Gasteiger charge is -2.37. The van der Waals surface area contributed by atoms with E-state index >= 15 is 0 Å². The number of hydrogen-bond donors (Lipinski definition) is 0. The second-order valence-electron chi connectivity index (χ2n) is 6.64. The third-order valence-corrected chi connectivity index (χ3v) is 5.20. The molecule has 144 valence electrons. The topological polar surface area (TPSA) is 43.7 Å². The third kappa shape index (κ3) is 3.71. The van der Waals surface area contributed by atoms with Crippen LogP contribution in [0.4, 0.5) is 0 Å². The summed E-state index contributed by atoms with van der Waals surface area (Å²) < 4.78 is 13.4. The number of methoxy groups -OCH3 is 1. The van der Waals surface area contributed by atoms with Gasteiger partial charge in [0, 0.05) is 35.6 Å². The van der Waals surface area contributed by atoms with Crippen molar-refractivity contribution in [2.45, 2.75) is 12.6 Å². The van der Waals surface area contributed by atoms with Gasteiger partial charge in [-0.1, -0.05) is 17.7 Å². The quantitative estimate of drug-likeness (QED) is 0.641. The fourth-order valence-corrected chi connectivity index (χ4v) is 3.71. The molecule has 28 heavy (non-hydrogen) atoms. The number of fused-ring (bicyclic) bond motifs is 1. The largest absolute Gasteiger partial charge is 0.497 e. The van der Waals surface area contributed by atoms with E-state index in [1.807, 2.05) is 47.5 Å². The summed E-state index contributed by atoms with van der Waals surface area (Å²) in [5.74, 6) is 1.47. The molecule has 0 bridgehead atoms. The number of nitrogens with zero attached hydrogens (tertiary/aromatic N) is 2. The molecule has 5 nitrogen and oxygen atoms in total. The van der Waals surface area contributed by atoms with Gasteiger partial charge in [0.15, 0.2) is 0 Å². The van der Waals surface area contributed by atoms with Gasteiger partial charge >= 0.3 is 0 Å². The zero-order valence-electron chi connectivity index (χ0n) is 15.5. The average Bonchev–Trinajstić information content (AvgIpc) is 3.21. The van der Waals surface area contributed by atoms with Crippen molar-refractivity contribution in [3.05, 3.63) is 83.1 Å². The van der Waals surface area contributed by atoms with E-state index in [-0.39, 0.29) is 11.9 Å². The van der Waals surface area contributed by atoms with Crippen LogP contribution in [0.2, 0.25) is 5.02 Å². The van der Waals surface area contributed by atoms with Crippen LogP contribution in [0.1, 0.15) is 22.1 Å². The van der Waals surface area contributed by atoms with Crippen LogP contribution in [0.25, 0.3) is 0 Å². The zero-order valence-corrected chi connectivity index (χ0v) is 16.3. The average molecular weight is 397 g/mol. The first-order chi connectivity index (χ1) is 13.7. The van der Waals surface area contributed by atoms with E-state index in [0.717, 1.165) is 23.7 Å². The van der Waals surface area contributed by atoms with E-state index in [9.17, 15) is 4.79 Å². The Bertz CT molecular complexity index is 968. The highest BCUT2D eigenvalue weighted by Gasteiger charge is 2.32. The van der Waals surface area contributed by atoms with Gasteiger partial charge in [-0.2, -0.15) is 0 Å². The summed E-state index contributed by atoms with van der Waals surface area (Å²) in [5.41, 5.74) is 1.65. The first-order valence-electron chi connectivity index (χ1n) is 9.14. The SMILES string of the molecule is COc1ccc(OC[C@@H]2c3cccn3CCN2C(=O)c2cccc(Cl)c2)cc1. The Labute approximate surface area is 169 Å². The van der Waals surface area contributed by atoms with Crippen molar-refractivity contribution in [2.24, 2.45) is 0 Å². The molecule has 2 aromatic carbocycles. The van der Waals surface area contributed by atoms with Crippen LogP contribution in [-0.2, 0) is 6.54 Å². The minimum atomic E-state index is -0.183. The number of carbonyl (C=O) groups excluding carboxylic acids is 1. The Balaban J connectivity index is 1.57. The number of aromatic nitrogens is 1. The number of amides is 1. The van der Waals surface area contributed by atoms with Gasteiger partial charge in [0.1, 0.15) is 24.1 Å². The lowest BCUT2D eigenvalue weighted by Crippen LogP contribution is -2.44. The van der Waals surface area contributed by atoms with E-state index in [1.54, 1.807) is 31.4 Å². The van der Waals surface area contributed by atoms with Crippen molar-refractivity contribution < 1.29 is 14.3 Å². The van der Waals surface area contributed by atoms with Gasteiger partial charge in [0.25, 0.3) is 5.91 Å². The van der Waals surface area contributed by atoms with Crippen molar-refractivity contribution in [1.29, 1.82) is 0 Å². The number of hydrogen-bond acceptors (Lipinski definition) is 3. The van der Waals surface area contributed by atoms with E-state index in [2.05, 4.69) is 4.57 Å². The summed E-state index contributed by atoms with van der Waals surface area (Å²) in [5, 5.41) is 0.553. The first kappa shape index (κ1) is 18.4. The molecule has 0 N–H and O–H groups in total. The molecule has 0 aliphatic carbocycles. The smallest absolute Gasteiger partial charge is 0.254 e. The van der Waals surface area contributed by atoms with Crippen molar-refractivity contribution in [3.8, 4) is 11.5 Å². The summed E-state index contributed by atoms with van der Waals surface area (Å²) in [6.07, 6.45) is 2.04. The Hall–Kier alpha value is -2.92. The number of halogens is 1. The van der Waals surface area contributed by atoms with Crippen molar-refractivity contribution >= 4 is 17.5 Å². The Morgan fingerprint density at radius 3 is 2.61 bits per heavy atom. The molecule has 1 aliphatic heterocycles. The molecule has 1 atom stereocenters. The molecule has 1 aromatic heterocycles. The first-order valence-corrected chi connectivity index (χ1v) is 9.52. The summed E-state index contributed by atoms with van der Waals surface area (Å²) in [6, 6.07) is 18.4. The summed E-state index contributed by atoms with van der Waals surface area (Å²) in [4.78, 5) is 15.0. The predicted molar refractivity (Wildman–Crippen MR) is 108 cm³/mol. The minimum absolute atomic E-state index is 0.0433. The second-order valence-corrected chi connectivity index (χ2v) is 7.07. The number of rotatable bonds is 5. The van der Waals surface area contributed by atoms with Gasteiger partial charge in [-0.15, -0.1) is 0 Å². The molecule has 3 aromatic rings. The fourth-order valence-electron chi connectivity index (χ4n) is 3.52. The van der Waals surface area contributed by atoms with Crippen LogP contribution >= 0.6 is 11.6 Å². The maximum Gasteiger partial charge on any atom is 0.254 e. The van der Waals surface area contributed by atoms with Gasteiger partial charge in [0.2, 0.25) is 0 Å². The van der Waals surface area contributed by atoms with Crippen molar-refractivity contribution in [1.82, 2.24) is 9.47 Å². The molecule has 0 fully saturated rings. The Morgan fingerprint density at radius 2 is 1.86 bits per heavy atom. The molecular formula is C22H21ClN2O3. The molecule has 0 unspecified atom stereocenters. The number of ether oxygens (including phenoxy) is 2. The molecule has 0 radical (unpaired) electrons. The Kier molecular flexibility index (Phi) is 5.26. The van der Waals surface area contributed by atoms with Crippen molar-refractivity contribution in [2.75, 3.05) is 20.3 Å². The molecule has 4 rings (SSSR count). The molecule has 1 amide bonds. The van der Waals surface area contributed by atoms with Crippen LogP contribution in [0.3, 0.4) is 0 Å². The fraction of sp³-hybridized carbons (Fsp3) is 0.227. The van der Waals surface area contributed by atoms with Crippen LogP contribution < -0.4 is 9.47 Å². The molecular weight excluding hydrogens is 376 g/mol. The van der Waals surface area contributed by atoms with Gasteiger partial charge < -0.3 is 18.9 Å². The molecule has 0 saturated carbocycles. The lowest BCUT2D eigenvalue weighted by molar-refractivity contribution is 0.0542.